The van der Waals surface area contributed by atoms with Crippen molar-refractivity contribution in [2.75, 3.05) is 128 Å². The van der Waals surface area contributed by atoms with Gasteiger partial charge in [0.05, 0.1) is 128 Å². The largest absolute Gasteiger partial charge is 0.493 e. The third-order valence-corrected chi connectivity index (χ3v) is 16.7. The van der Waals surface area contributed by atoms with Gasteiger partial charge in [-0.2, -0.15) is 0 Å². The number of hydrogen-bond acceptors (Lipinski definition) is 18. The van der Waals surface area contributed by atoms with E-state index in [0.717, 1.165) is 21.2 Å². The first-order chi connectivity index (χ1) is 35.9. The predicted molar refractivity (Wildman–Crippen MR) is 287 cm³/mol. The molecule has 0 spiro atoms. The van der Waals surface area contributed by atoms with E-state index in [1.807, 2.05) is 60.7 Å². The van der Waals surface area contributed by atoms with Crippen LogP contribution in [-0.2, 0) is 0 Å². The lowest BCUT2D eigenvalue weighted by atomic mass is 10.0. The van der Waals surface area contributed by atoms with E-state index >= 15 is 0 Å². The Morgan fingerprint density at radius 2 is 0.351 bits per heavy atom. The van der Waals surface area contributed by atoms with Gasteiger partial charge >= 0.3 is 0 Å². The zero-order chi connectivity index (χ0) is 54.0. The van der Waals surface area contributed by atoms with E-state index in [0.29, 0.717) is 102 Å². The Labute approximate surface area is 434 Å². The molecule has 74 heavy (non-hydrogen) atoms. The number of hydrogen-bond donors (Lipinski definition) is 0. The molecule has 18 nitrogen and oxygen atoms in total. The van der Waals surface area contributed by atoms with Crippen molar-refractivity contribution >= 4 is 47.7 Å². The number of ether oxygens (including phenoxy) is 18. The van der Waals surface area contributed by atoms with Gasteiger partial charge in [-0.3, -0.25) is 0 Å². The molecule has 0 heterocycles. The zero-order valence-electron chi connectivity index (χ0n) is 45.0. The van der Waals surface area contributed by atoms with E-state index in [4.69, 9.17) is 85.3 Å². The molecule has 0 aliphatic rings. The molecule has 0 saturated carbocycles. The van der Waals surface area contributed by atoms with E-state index < -0.39 is 15.8 Å². The third kappa shape index (κ3) is 10.1. The quantitative estimate of drug-likeness (QED) is 0.0536. The van der Waals surface area contributed by atoms with Crippen molar-refractivity contribution in [3.05, 3.63) is 60.7 Å². The lowest BCUT2D eigenvalue weighted by molar-refractivity contribution is 0.323. The predicted octanol–water partition coefficient (Wildman–Crippen LogP) is 7.02. The summed E-state index contributed by atoms with van der Waals surface area (Å²) < 4.78 is 110. The molecule has 0 unspecified atom stereocenters. The van der Waals surface area contributed by atoms with Gasteiger partial charge in [-0.1, -0.05) is 0 Å². The Morgan fingerprint density at radius 3 is 0.500 bits per heavy atom. The number of rotatable bonds is 25. The van der Waals surface area contributed by atoms with Crippen molar-refractivity contribution < 1.29 is 85.3 Å². The maximum atomic E-state index is 6.59. The van der Waals surface area contributed by atoms with Gasteiger partial charge < -0.3 is 85.3 Å². The molecule has 0 aliphatic heterocycles. The molecule has 0 aliphatic carbocycles. The van der Waals surface area contributed by atoms with Crippen molar-refractivity contribution in [1.29, 1.82) is 0 Å². The molecule has 398 valence electrons. The molecule has 0 aromatic heterocycles. The standard InChI is InChI=1S/C54H64O18P2/c1-55-33-19-29(20-34(56-2)47(33)65-11)73(30-21-35(57-3)48(66-12)36(22-30)58-4)43-27-41(63-9)51(69-15)53(71-17)45(43)46-44(28-42(64-10)52(70-16)54(46)72-18)74(31-23-37(59-5)49(67-13)38(24-31)60-6)32-25-39(61-7)50(68-14)40(26-32)62-8/h19-28H,1-18H3. The van der Waals surface area contributed by atoms with Crippen molar-refractivity contribution in [2.45, 2.75) is 0 Å². The third-order valence-electron chi connectivity index (χ3n) is 12.0. The summed E-state index contributed by atoms with van der Waals surface area (Å²) in [5.41, 5.74) is 0.998. The van der Waals surface area contributed by atoms with Crippen LogP contribution in [0, 0.1) is 0 Å². The highest BCUT2D eigenvalue weighted by molar-refractivity contribution is 7.81. The Morgan fingerprint density at radius 1 is 0.189 bits per heavy atom. The molecule has 0 saturated heterocycles. The van der Waals surface area contributed by atoms with Crippen LogP contribution < -0.4 is 117 Å². The Hall–Kier alpha value is -7.42. The summed E-state index contributed by atoms with van der Waals surface area (Å²) in [6, 6.07) is 19.0. The van der Waals surface area contributed by atoms with Crippen LogP contribution in [0.1, 0.15) is 0 Å². The first kappa shape index (κ1) is 55.9. The van der Waals surface area contributed by atoms with Crippen LogP contribution in [-0.4, -0.2) is 128 Å². The molecular weight excluding hydrogens is 999 g/mol. The van der Waals surface area contributed by atoms with Crippen LogP contribution >= 0.6 is 15.8 Å². The van der Waals surface area contributed by atoms with Gasteiger partial charge in [-0.25, -0.2) is 0 Å². The first-order valence-electron chi connectivity index (χ1n) is 22.4. The topological polar surface area (TPSA) is 166 Å². The minimum atomic E-state index is -1.88. The fourth-order valence-electron chi connectivity index (χ4n) is 8.76. The average molecular weight is 1060 g/mol. The van der Waals surface area contributed by atoms with Crippen LogP contribution in [0.5, 0.6) is 103 Å². The average Bonchev–Trinajstić information content (AvgIpc) is 3.44. The zero-order valence-corrected chi connectivity index (χ0v) is 46.8. The lowest BCUT2D eigenvalue weighted by Crippen LogP contribution is -2.28. The summed E-state index contributed by atoms with van der Waals surface area (Å²) in [6.07, 6.45) is 0. The SMILES string of the molecule is COc1cc(P(c2cc(OC)c(OC)c(OC)c2)c2cc(OC)c(OC)c(OC)c2-c2c(P(c3cc(OC)c(OC)c(OC)c3)c3cc(OC)c(OC)c(OC)c3)cc(OC)c(OC)c2OC)cc(OC)c1OC. The second-order valence-corrected chi connectivity index (χ2v) is 19.7. The molecule has 6 aromatic carbocycles. The Kier molecular flexibility index (Phi) is 18.9. The molecule has 6 rings (SSSR count). The molecule has 6 aromatic rings. The molecule has 0 N–H and O–H groups in total. The highest BCUT2D eigenvalue weighted by Gasteiger charge is 2.38. The number of methoxy groups -OCH3 is 18. The van der Waals surface area contributed by atoms with Gasteiger partial charge in [-0.05, 0) is 97.7 Å². The fourth-order valence-corrected chi connectivity index (χ4v) is 13.8. The van der Waals surface area contributed by atoms with E-state index in [-0.39, 0.29) is 23.0 Å². The molecule has 0 bridgehead atoms. The summed E-state index contributed by atoms with van der Waals surface area (Å²) >= 11 is 0. The van der Waals surface area contributed by atoms with Crippen LogP contribution in [0.4, 0.5) is 0 Å². The van der Waals surface area contributed by atoms with Crippen LogP contribution in [0.25, 0.3) is 11.1 Å². The highest BCUT2D eigenvalue weighted by Crippen LogP contribution is 2.58. The minimum Gasteiger partial charge on any atom is -0.493 e. The monoisotopic (exact) mass is 1060 g/mol. The summed E-state index contributed by atoms with van der Waals surface area (Å²) in [4.78, 5) is 0. The van der Waals surface area contributed by atoms with Gasteiger partial charge in [0.1, 0.15) is 0 Å². The van der Waals surface area contributed by atoms with E-state index in [9.17, 15) is 0 Å². The van der Waals surface area contributed by atoms with Gasteiger partial charge in [0, 0.05) is 21.7 Å². The van der Waals surface area contributed by atoms with Gasteiger partial charge in [0.2, 0.25) is 34.5 Å². The molecule has 0 atom stereocenters. The molecule has 0 fully saturated rings. The summed E-state index contributed by atoms with van der Waals surface area (Å²) in [6.45, 7) is 0. The van der Waals surface area contributed by atoms with Crippen LogP contribution in [0.3, 0.4) is 0 Å². The van der Waals surface area contributed by atoms with Gasteiger partial charge in [0.25, 0.3) is 0 Å². The van der Waals surface area contributed by atoms with Gasteiger partial charge in [0.15, 0.2) is 69.0 Å². The second-order valence-electron chi connectivity index (χ2n) is 15.3. The Balaban J connectivity index is 2.01. The molecule has 0 radical (unpaired) electrons. The van der Waals surface area contributed by atoms with E-state index in [1.165, 1.54) is 14.2 Å². The second kappa shape index (κ2) is 25.0. The van der Waals surface area contributed by atoms with Crippen LogP contribution in [0.15, 0.2) is 60.7 Å². The van der Waals surface area contributed by atoms with E-state index in [2.05, 4.69) is 0 Å². The van der Waals surface area contributed by atoms with Crippen molar-refractivity contribution in [2.24, 2.45) is 0 Å². The Bertz CT molecular complexity index is 2520. The van der Waals surface area contributed by atoms with Crippen molar-refractivity contribution in [1.82, 2.24) is 0 Å². The fraction of sp³-hybridized carbons (Fsp3) is 0.333. The van der Waals surface area contributed by atoms with Crippen molar-refractivity contribution in [3.63, 3.8) is 0 Å². The maximum absolute atomic E-state index is 6.59. The number of benzene rings is 6. The molecule has 0 amide bonds. The summed E-state index contributed by atoms with van der Waals surface area (Å²) in [7, 11) is 24.2. The molecule has 20 heteroatoms. The summed E-state index contributed by atoms with van der Waals surface area (Å²) in [5, 5.41) is 4.17. The maximum Gasteiger partial charge on any atom is 0.203 e. The van der Waals surface area contributed by atoms with E-state index in [1.54, 1.807) is 114 Å². The lowest BCUT2D eigenvalue weighted by Gasteiger charge is -2.31. The van der Waals surface area contributed by atoms with Gasteiger partial charge in [-0.15, -0.1) is 0 Å². The summed E-state index contributed by atoms with van der Waals surface area (Å²) in [5.74, 6) is 6.47. The van der Waals surface area contributed by atoms with Crippen LogP contribution in [0.2, 0.25) is 0 Å². The normalized spacial score (nSPS) is 10.8. The minimum absolute atomic E-state index is 0.269. The highest BCUT2D eigenvalue weighted by atomic mass is 31.1. The smallest absolute Gasteiger partial charge is 0.203 e. The van der Waals surface area contributed by atoms with Crippen molar-refractivity contribution in [3.8, 4) is 115 Å². The molecular formula is C54H64O18P2. The first-order valence-corrected chi connectivity index (χ1v) is 25.1.